The molecule has 0 saturated heterocycles. The molecule has 3 fully saturated rings. The molecule has 0 heterocycles. The molecule has 4 N–H and O–H groups in total. The molecule has 0 aliphatic heterocycles. The number of allylic oxidation sites excluding steroid dienone is 1. The summed E-state index contributed by atoms with van der Waals surface area (Å²) in [4.78, 5) is 23.9. The van der Waals surface area contributed by atoms with Gasteiger partial charge in [0.15, 0.2) is 5.78 Å². The quantitative estimate of drug-likeness (QED) is 0.533. The first-order valence-corrected chi connectivity index (χ1v) is 11.1. The molecule has 0 amide bonds. The van der Waals surface area contributed by atoms with Crippen molar-refractivity contribution >= 4 is 11.8 Å². The monoisotopic (exact) mass is 406 g/mol. The normalized spacial score (nSPS) is 47.4. The van der Waals surface area contributed by atoms with Gasteiger partial charge in [-0.05, 0) is 74.5 Å². The first-order valence-electron chi connectivity index (χ1n) is 11.1. The van der Waals surface area contributed by atoms with Gasteiger partial charge >= 0.3 is 5.97 Å². The molecule has 4 aliphatic carbocycles. The van der Waals surface area contributed by atoms with E-state index in [1.807, 2.05) is 6.92 Å². The van der Waals surface area contributed by atoms with Crippen LogP contribution in [0.4, 0.5) is 0 Å². The Morgan fingerprint density at radius 1 is 1.14 bits per heavy atom. The van der Waals surface area contributed by atoms with Crippen molar-refractivity contribution in [3.05, 3.63) is 11.6 Å². The van der Waals surface area contributed by atoms with Crippen LogP contribution in [-0.4, -0.2) is 50.0 Å². The van der Waals surface area contributed by atoms with Crippen molar-refractivity contribution < 1.29 is 30.0 Å². The minimum atomic E-state index is -1.67. The number of Topliss-reactive ketones (excluding diaryl/α,β-unsaturated/α-hetero) is 1. The standard InChI is InChI=1S/C23H34O6/c1-21-8-5-14(24)11-13(21)3-4-15-16(21)6-9-22(2)17(15)7-10-23(22,29)20(28)18(25)12-19(26)27/h3,14-18,24-25,29H,4-12H2,1-2H3,(H,26,27)/t14?,15-,16+,17+,18?,21+,22+,23+/m1/s1. The van der Waals surface area contributed by atoms with Crippen LogP contribution < -0.4 is 0 Å². The maximum atomic E-state index is 12.9. The van der Waals surface area contributed by atoms with Crippen LogP contribution in [0.2, 0.25) is 0 Å². The number of carbonyl (C=O) groups is 2. The van der Waals surface area contributed by atoms with E-state index in [0.29, 0.717) is 24.7 Å². The maximum Gasteiger partial charge on any atom is 0.306 e. The lowest BCUT2D eigenvalue weighted by atomic mass is 9.46. The zero-order chi connectivity index (χ0) is 21.2. The van der Waals surface area contributed by atoms with Crippen LogP contribution in [0.1, 0.15) is 71.6 Å². The number of fused-ring (bicyclic) bond motifs is 5. The van der Waals surface area contributed by atoms with E-state index < -0.39 is 35.3 Å². The van der Waals surface area contributed by atoms with Gasteiger partial charge in [-0.1, -0.05) is 25.5 Å². The summed E-state index contributed by atoms with van der Waals surface area (Å²) < 4.78 is 0. The van der Waals surface area contributed by atoms with E-state index in [9.17, 15) is 24.9 Å². The van der Waals surface area contributed by atoms with E-state index in [2.05, 4.69) is 13.0 Å². The molecule has 0 bridgehead atoms. The van der Waals surface area contributed by atoms with Crippen molar-refractivity contribution in [2.75, 3.05) is 0 Å². The van der Waals surface area contributed by atoms with E-state index in [0.717, 1.165) is 38.5 Å². The number of hydrogen-bond donors (Lipinski definition) is 4. The maximum absolute atomic E-state index is 12.9. The predicted molar refractivity (Wildman–Crippen MR) is 106 cm³/mol. The second-order valence-corrected chi connectivity index (χ2v) is 10.5. The Labute approximate surface area is 172 Å². The van der Waals surface area contributed by atoms with Gasteiger partial charge in [-0.15, -0.1) is 0 Å². The van der Waals surface area contributed by atoms with Gasteiger partial charge in [0.2, 0.25) is 0 Å². The molecule has 6 nitrogen and oxygen atoms in total. The fourth-order valence-electron chi connectivity index (χ4n) is 7.60. The zero-order valence-electron chi connectivity index (χ0n) is 17.4. The summed E-state index contributed by atoms with van der Waals surface area (Å²) in [5.41, 5.74) is -0.842. The van der Waals surface area contributed by atoms with Crippen molar-refractivity contribution in [2.24, 2.45) is 28.6 Å². The van der Waals surface area contributed by atoms with Crippen LogP contribution in [-0.2, 0) is 9.59 Å². The van der Waals surface area contributed by atoms with Gasteiger partial charge in [0.05, 0.1) is 12.5 Å². The summed E-state index contributed by atoms with van der Waals surface area (Å²) in [5, 5.41) is 40.7. The summed E-state index contributed by atoms with van der Waals surface area (Å²) in [5.74, 6) is -0.933. The number of carboxylic acids is 1. The molecule has 0 spiro atoms. The van der Waals surface area contributed by atoms with Crippen LogP contribution >= 0.6 is 0 Å². The fraction of sp³-hybridized carbons (Fsp3) is 0.826. The van der Waals surface area contributed by atoms with E-state index in [1.54, 1.807) is 0 Å². The lowest BCUT2D eigenvalue weighted by molar-refractivity contribution is -0.171. The first-order chi connectivity index (χ1) is 13.5. The number of carboxylic acid groups (broad SMARTS) is 1. The van der Waals surface area contributed by atoms with Gasteiger partial charge in [0.1, 0.15) is 11.7 Å². The summed E-state index contributed by atoms with van der Waals surface area (Å²) in [7, 11) is 0. The molecule has 29 heavy (non-hydrogen) atoms. The third-order valence-corrected chi connectivity index (χ3v) is 9.31. The van der Waals surface area contributed by atoms with Crippen molar-refractivity contribution in [1.29, 1.82) is 0 Å². The van der Waals surface area contributed by atoms with E-state index in [4.69, 9.17) is 5.11 Å². The number of rotatable bonds is 4. The average Bonchev–Trinajstić information content (AvgIpc) is 2.93. The van der Waals surface area contributed by atoms with Crippen molar-refractivity contribution in [3.63, 3.8) is 0 Å². The third kappa shape index (κ3) is 2.94. The van der Waals surface area contributed by atoms with Crippen LogP contribution in [0, 0.1) is 28.6 Å². The third-order valence-electron chi connectivity index (χ3n) is 9.31. The molecule has 0 aromatic heterocycles. The molecule has 8 atom stereocenters. The first kappa shape index (κ1) is 21.0. The van der Waals surface area contributed by atoms with Gasteiger partial charge in [0, 0.05) is 5.41 Å². The van der Waals surface area contributed by atoms with Crippen LogP contribution in [0.25, 0.3) is 0 Å². The molecule has 0 aromatic carbocycles. The molecule has 2 unspecified atom stereocenters. The molecule has 4 aliphatic rings. The molecular weight excluding hydrogens is 372 g/mol. The minimum Gasteiger partial charge on any atom is -0.481 e. The molecule has 162 valence electrons. The topological polar surface area (TPSA) is 115 Å². The van der Waals surface area contributed by atoms with Gasteiger partial charge in [-0.2, -0.15) is 0 Å². The number of hydrogen-bond acceptors (Lipinski definition) is 5. The highest BCUT2D eigenvalue weighted by Gasteiger charge is 2.66. The zero-order valence-corrected chi connectivity index (χ0v) is 17.4. The lowest BCUT2D eigenvalue weighted by Gasteiger charge is -2.58. The average molecular weight is 407 g/mol. The summed E-state index contributed by atoms with van der Waals surface area (Å²) in [6, 6.07) is 0. The highest BCUT2D eigenvalue weighted by atomic mass is 16.4. The van der Waals surface area contributed by atoms with Crippen LogP contribution in [0.15, 0.2) is 11.6 Å². The number of aliphatic hydroxyl groups excluding tert-OH is 2. The van der Waals surface area contributed by atoms with Crippen LogP contribution in [0.5, 0.6) is 0 Å². The highest BCUT2D eigenvalue weighted by molar-refractivity contribution is 5.94. The second kappa shape index (κ2) is 6.89. The second-order valence-electron chi connectivity index (χ2n) is 10.5. The lowest BCUT2D eigenvalue weighted by Crippen LogP contribution is -2.59. The fourth-order valence-corrected chi connectivity index (χ4v) is 7.60. The van der Waals surface area contributed by atoms with E-state index in [1.165, 1.54) is 5.57 Å². The number of aliphatic carboxylic acids is 1. The number of carbonyl (C=O) groups excluding carboxylic acids is 1. The Balaban J connectivity index is 1.62. The van der Waals surface area contributed by atoms with E-state index in [-0.39, 0.29) is 17.4 Å². The Morgan fingerprint density at radius 2 is 1.83 bits per heavy atom. The van der Waals surface area contributed by atoms with Crippen LogP contribution in [0.3, 0.4) is 0 Å². The van der Waals surface area contributed by atoms with Gasteiger partial charge < -0.3 is 20.4 Å². The van der Waals surface area contributed by atoms with Gasteiger partial charge in [-0.25, -0.2) is 0 Å². The van der Waals surface area contributed by atoms with Crippen molar-refractivity contribution in [1.82, 2.24) is 0 Å². The number of aliphatic hydroxyl groups is 3. The largest absolute Gasteiger partial charge is 0.481 e. The summed E-state index contributed by atoms with van der Waals surface area (Å²) in [6.07, 6.45) is 5.81. The summed E-state index contributed by atoms with van der Waals surface area (Å²) in [6.45, 7) is 4.30. The molecule has 4 rings (SSSR count). The Morgan fingerprint density at radius 3 is 2.52 bits per heavy atom. The Bertz CT molecular complexity index is 746. The minimum absolute atomic E-state index is 0.0804. The molecular formula is C23H34O6. The predicted octanol–water partition coefficient (Wildman–Crippen LogP) is 2.45. The van der Waals surface area contributed by atoms with Gasteiger partial charge in [0.25, 0.3) is 0 Å². The van der Waals surface area contributed by atoms with Crippen molar-refractivity contribution in [2.45, 2.75) is 89.4 Å². The van der Waals surface area contributed by atoms with E-state index >= 15 is 0 Å². The summed E-state index contributed by atoms with van der Waals surface area (Å²) >= 11 is 0. The Kier molecular flexibility index (Phi) is 4.99. The molecule has 0 aromatic rings. The molecule has 6 heteroatoms. The smallest absolute Gasteiger partial charge is 0.306 e. The Hall–Kier alpha value is -1.24. The van der Waals surface area contributed by atoms with Gasteiger partial charge in [-0.3, -0.25) is 9.59 Å². The van der Waals surface area contributed by atoms with Crippen molar-refractivity contribution in [3.8, 4) is 0 Å². The highest BCUT2D eigenvalue weighted by Crippen LogP contribution is 2.67. The SMILES string of the molecule is C[C@]12CCC(O)CC1=CC[C@@H]1[C@@H]2CC[C@@]2(C)[C@H]1CC[C@]2(O)C(=O)C(O)CC(=O)O. The number of ketones is 1. The molecule has 3 saturated carbocycles. The molecule has 0 radical (unpaired) electrons.